The molecule has 0 spiro atoms. The average Bonchev–Trinajstić information content (AvgIpc) is 3.12. The van der Waals surface area contributed by atoms with E-state index in [2.05, 4.69) is 9.71 Å². The van der Waals surface area contributed by atoms with Crippen molar-refractivity contribution in [3.8, 4) is 0 Å². The molecule has 0 bridgehead atoms. The van der Waals surface area contributed by atoms with Gasteiger partial charge in [-0.15, -0.1) is 0 Å². The third-order valence-corrected chi connectivity index (χ3v) is 6.56. The molecule has 1 aliphatic rings. The Bertz CT molecular complexity index is 1190. The van der Waals surface area contributed by atoms with Gasteiger partial charge in [0, 0.05) is 30.2 Å². The largest absolute Gasteiger partial charge is 0.308 e. The second kappa shape index (κ2) is 7.33. The Balaban J connectivity index is 1.65. The Hall–Kier alpha value is -3.19. The van der Waals surface area contributed by atoms with Crippen molar-refractivity contribution >= 4 is 27.3 Å². The molecule has 4 rings (SSSR count). The predicted octanol–water partition coefficient (Wildman–Crippen LogP) is 3.70. The van der Waals surface area contributed by atoms with E-state index >= 15 is 0 Å². The molecular formula is C22H21N3O3S. The van der Waals surface area contributed by atoms with Crippen LogP contribution in [0.2, 0.25) is 0 Å². The number of nitrogens with zero attached hydrogens (tertiary/aromatic N) is 2. The Morgan fingerprint density at radius 2 is 1.79 bits per heavy atom. The van der Waals surface area contributed by atoms with Crippen LogP contribution in [0.25, 0.3) is 0 Å². The minimum absolute atomic E-state index is 0.124. The molecule has 0 saturated heterocycles. The SMILES string of the molecule is Cc1ccc(C)c(S(=O)(=O)Nc2ccc3c(c2)N(C(=O)c2ccncc2)CC3)c1. The minimum Gasteiger partial charge on any atom is -0.308 e. The number of carbonyl (C=O) groups is 1. The number of fused-ring (bicyclic) bond motifs is 1. The Morgan fingerprint density at radius 1 is 1.03 bits per heavy atom. The van der Waals surface area contributed by atoms with E-state index in [1.165, 1.54) is 0 Å². The molecule has 0 radical (unpaired) electrons. The van der Waals surface area contributed by atoms with Gasteiger partial charge in [0.1, 0.15) is 0 Å². The van der Waals surface area contributed by atoms with Crippen LogP contribution in [0.1, 0.15) is 27.0 Å². The first-order valence-corrected chi connectivity index (χ1v) is 10.8. The second-order valence-electron chi connectivity index (χ2n) is 7.16. The number of hydrogen-bond donors (Lipinski definition) is 1. The van der Waals surface area contributed by atoms with Crippen molar-refractivity contribution in [2.45, 2.75) is 25.2 Å². The molecule has 7 heteroatoms. The van der Waals surface area contributed by atoms with E-state index in [0.29, 0.717) is 23.4 Å². The summed E-state index contributed by atoms with van der Waals surface area (Å²) >= 11 is 0. The van der Waals surface area contributed by atoms with Gasteiger partial charge in [-0.25, -0.2) is 8.42 Å². The van der Waals surface area contributed by atoms with E-state index in [4.69, 9.17) is 0 Å². The van der Waals surface area contributed by atoms with Crippen molar-refractivity contribution in [3.05, 3.63) is 83.2 Å². The Kier molecular flexibility index (Phi) is 4.84. The minimum atomic E-state index is -3.74. The fraction of sp³-hybridized carbons (Fsp3) is 0.182. The number of nitrogens with one attached hydrogen (secondary N) is 1. The number of aromatic nitrogens is 1. The van der Waals surface area contributed by atoms with Crippen molar-refractivity contribution in [2.24, 2.45) is 0 Å². The normalized spacial score (nSPS) is 13.2. The first-order chi connectivity index (χ1) is 13.8. The molecule has 6 nitrogen and oxygen atoms in total. The fourth-order valence-electron chi connectivity index (χ4n) is 3.51. The first kappa shape index (κ1) is 19.1. The van der Waals surface area contributed by atoms with Crippen LogP contribution in [-0.2, 0) is 16.4 Å². The van der Waals surface area contributed by atoms with E-state index in [0.717, 1.165) is 23.2 Å². The monoisotopic (exact) mass is 407 g/mol. The zero-order valence-electron chi connectivity index (χ0n) is 16.2. The number of rotatable bonds is 4. The van der Waals surface area contributed by atoms with Crippen LogP contribution >= 0.6 is 0 Å². The molecule has 1 amide bonds. The standard InChI is InChI=1S/C22H21N3O3S/c1-15-3-4-16(2)21(13-15)29(27,28)24-19-6-5-17-9-12-25(20(17)14-19)22(26)18-7-10-23-11-8-18/h3-8,10-11,13-14,24H,9,12H2,1-2H3. The van der Waals surface area contributed by atoms with Gasteiger partial charge in [-0.05, 0) is 67.3 Å². The van der Waals surface area contributed by atoms with E-state index in [1.54, 1.807) is 60.6 Å². The number of hydrogen-bond acceptors (Lipinski definition) is 4. The molecule has 2 aromatic carbocycles. The van der Waals surface area contributed by atoms with Crippen LogP contribution < -0.4 is 9.62 Å². The van der Waals surface area contributed by atoms with Crippen molar-refractivity contribution in [3.63, 3.8) is 0 Å². The van der Waals surface area contributed by atoms with Crippen molar-refractivity contribution < 1.29 is 13.2 Å². The van der Waals surface area contributed by atoms with Gasteiger partial charge in [0.2, 0.25) is 0 Å². The summed E-state index contributed by atoms with van der Waals surface area (Å²) in [6.07, 6.45) is 3.90. The van der Waals surface area contributed by atoms with Crippen molar-refractivity contribution in [1.29, 1.82) is 0 Å². The summed E-state index contributed by atoms with van der Waals surface area (Å²) in [7, 11) is -3.74. The number of sulfonamides is 1. The molecule has 0 unspecified atom stereocenters. The number of carbonyl (C=O) groups excluding carboxylic acids is 1. The Labute approximate surface area is 170 Å². The summed E-state index contributed by atoms with van der Waals surface area (Å²) in [6.45, 7) is 4.19. The van der Waals surface area contributed by atoms with Gasteiger partial charge < -0.3 is 4.90 Å². The van der Waals surface area contributed by atoms with Crippen molar-refractivity contribution in [2.75, 3.05) is 16.2 Å². The number of amides is 1. The van der Waals surface area contributed by atoms with E-state index < -0.39 is 10.0 Å². The predicted molar refractivity (Wildman–Crippen MR) is 113 cm³/mol. The lowest BCUT2D eigenvalue weighted by Crippen LogP contribution is -2.28. The lowest BCUT2D eigenvalue weighted by atomic mass is 10.1. The molecule has 0 saturated carbocycles. The summed E-state index contributed by atoms with van der Waals surface area (Å²) in [5, 5.41) is 0. The van der Waals surface area contributed by atoms with Crippen molar-refractivity contribution in [1.82, 2.24) is 4.98 Å². The molecule has 0 aliphatic carbocycles. The lowest BCUT2D eigenvalue weighted by molar-refractivity contribution is 0.0989. The maximum Gasteiger partial charge on any atom is 0.262 e. The van der Waals surface area contributed by atoms with Gasteiger partial charge in [0.15, 0.2) is 0 Å². The lowest BCUT2D eigenvalue weighted by Gasteiger charge is -2.18. The number of aryl methyl sites for hydroxylation is 2. The van der Waals surface area contributed by atoms with E-state index in [1.807, 2.05) is 19.1 Å². The van der Waals surface area contributed by atoms with Crippen LogP contribution in [0.15, 0.2) is 65.8 Å². The van der Waals surface area contributed by atoms with Crippen LogP contribution in [0, 0.1) is 13.8 Å². The van der Waals surface area contributed by atoms with E-state index in [9.17, 15) is 13.2 Å². The first-order valence-electron chi connectivity index (χ1n) is 9.30. The summed E-state index contributed by atoms with van der Waals surface area (Å²) in [5.41, 5.74) is 4.28. The highest BCUT2D eigenvalue weighted by atomic mass is 32.2. The molecule has 29 heavy (non-hydrogen) atoms. The molecule has 0 atom stereocenters. The highest BCUT2D eigenvalue weighted by Gasteiger charge is 2.26. The third-order valence-electron chi connectivity index (χ3n) is 5.04. The van der Waals surface area contributed by atoms with E-state index in [-0.39, 0.29) is 10.8 Å². The summed E-state index contributed by atoms with van der Waals surface area (Å²) in [4.78, 5) is 18.8. The molecular weight excluding hydrogens is 386 g/mol. The fourth-order valence-corrected chi connectivity index (χ4v) is 4.89. The smallest absolute Gasteiger partial charge is 0.262 e. The molecule has 1 N–H and O–H groups in total. The van der Waals surface area contributed by atoms with Gasteiger partial charge in [0.05, 0.1) is 10.6 Å². The van der Waals surface area contributed by atoms with Gasteiger partial charge in [-0.2, -0.15) is 0 Å². The van der Waals surface area contributed by atoms with Gasteiger partial charge >= 0.3 is 0 Å². The summed E-state index contributed by atoms with van der Waals surface area (Å²) in [6, 6.07) is 14.0. The summed E-state index contributed by atoms with van der Waals surface area (Å²) in [5.74, 6) is -0.124. The van der Waals surface area contributed by atoms with Crippen LogP contribution in [0.4, 0.5) is 11.4 Å². The maximum atomic E-state index is 12.9. The summed E-state index contributed by atoms with van der Waals surface area (Å²) < 4.78 is 28.5. The number of pyridine rings is 1. The second-order valence-corrected chi connectivity index (χ2v) is 8.81. The highest BCUT2D eigenvalue weighted by Crippen LogP contribution is 2.33. The van der Waals surface area contributed by atoms with Gasteiger partial charge in [-0.3, -0.25) is 14.5 Å². The topological polar surface area (TPSA) is 79.4 Å². The van der Waals surface area contributed by atoms with Crippen LogP contribution in [0.5, 0.6) is 0 Å². The van der Waals surface area contributed by atoms with Gasteiger partial charge in [-0.1, -0.05) is 18.2 Å². The number of benzene rings is 2. The number of anilines is 2. The third kappa shape index (κ3) is 3.73. The molecule has 1 aliphatic heterocycles. The van der Waals surface area contributed by atoms with Crippen LogP contribution in [0.3, 0.4) is 0 Å². The average molecular weight is 407 g/mol. The Morgan fingerprint density at radius 3 is 2.55 bits per heavy atom. The molecule has 148 valence electrons. The highest BCUT2D eigenvalue weighted by molar-refractivity contribution is 7.92. The zero-order valence-corrected chi connectivity index (χ0v) is 17.0. The maximum absolute atomic E-state index is 12.9. The quantitative estimate of drug-likeness (QED) is 0.715. The zero-order chi connectivity index (χ0) is 20.6. The van der Waals surface area contributed by atoms with Crippen LogP contribution in [-0.4, -0.2) is 25.9 Å². The van der Waals surface area contributed by atoms with Gasteiger partial charge in [0.25, 0.3) is 15.9 Å². The molecule has 2 heterocycles. The molecule has 3 aromatic rings. The molecule has 1 aromatic heterocycles. The molecule has 0 fully saturated rings.